The van der Waals surface area contributed by atoms with Crippen LogP contribution in [0.15, 0.2) is 89.9 Å². The van der Waals surface area contributed by atoms with Crippen LogP contribution in [0.2, 0.25) is 0 Å². The quantitative estimate of drug-likeness (QED) is 0.0175. The largest absolute Gasteiger partial charge is 0.480 e. The number of hydrogen-bond acceptors (Lipinski definition) is 25. The van der Waals surface area contributed by atoms with E-state index in [4.69, 9.17) is 25.7 Å². The minimum Gasteiger partial charge on any atom is -0.480 e. The van der Waals surface area contributed by atoms with E-state index in [1.54, 1.807) is 69.0 Å². The number of H-pyrrole nitrogens is 1. The summed E-state index contributed by atoms with van der Waals surface area (Å²) in [5.41, 5.74) is 14.0. The fourth-order valence-electron chi connectivity index (χ4n) is 17.6. The van der Waals surface area contributed by atoms with E-state index in [2.05, 4.69) is 51.8 Å². The third-order valence-electron chi connectivity index (χ3n) is 25.4. The van der Waals surface area contributed by atoms with Crippen LogP contribution in [0.5, 0.6) is 0 Å². The molecule has 720 valence electrons. The number of nitrogens with one attached hydrogen (secondary N) is 7. The lowest BCUT2D eigenvalue weighted by Crippen LogP contribution is -2.54. The number of anilines is 2. The predicted molar refractivity (Wildman–Crippen MR) is 493 cm³/mol. The van der Waals surface area contributed by atoms with Gasteiger partial charge >= 0.3 is 12.0 Å². The van der Waals surface area contributed by atoms with Gasteiger partial charge in [0.1, 0.15) is 41.7 Å². The molecule has 0 bridgehead atoms. The fraction of sp³-hybridized carbons (Fsp3) is 0.615. The lowest BCUT2D eigenvalue weighted by molar-refractivity contribution is -0.149. The molecule has 35 heteroatoms. The number of hydrogen-bond donors (Lipinski definition) is 12. The number of nitrogens with zero attached hydrogens (tertiary/aromatic N) is 6. The van der Waals surface area contributed by atoms with Gasteiger partial charge in [-0.15, -0.1) is 0 Å². The minimum absolute atomic E-state index is 0.00218. The van der Waals surface area contributed by atoms with Crippen LogP contribution in [0.4, 0.5) is 16.4 Å². The van der Waals surface area contributed by atoms with Crippen LogP contribution in [0, 0.1) is 47.3 Å². The number of nitrogens with two attached hydrogens (primary N) is 2. The second-order valence-electron chi connectivity index (χ2n) is 36.4. The predicted octanol–water partition coefficient (Wildman–Crippen LogP) is 6.97. The number of aromatic amines is 1. The van der Waals surface area contributed by atoms with Crippen LogP contribution in [0.3, 0.4) is 0 Å². The third-order valence-corrected chi connectivity index (χ3v) is 25.4. The number of rotatable bonds is 58. The number of ketones is 5. The van der Waals surface area contributed by atoms with Crippen LogP contribution in [0.25, 0.3) is 11.2 Å². The summed E-state index contributed by atoms with van der Waals surface area (Å²) in [5.74, 6) is -8.49. The summed E-state index contributed by atoms with van der Waals surface area (Å²) in [7, 11) is 8.56. The molecule has 16 atom stereocenters. The second kappa shape index (κ2) is 53.0. The first kappa shape index (κ1) is 107. The molecule has 0 saturated carbocycles. The summed E-state index contributed by atoms with van der Waals surface area (Å²) in [6.07, 6.45) is -0.925. The molecule has 2 aliphatic rings. The van der Waals surface area contributed by atoms with Crippen LogP contribution in [-0.4, -0.2) is 255 Å². The maximum absolute atomic E-state index is 14.7. The van der Waals surface area contributed by atoms with E-state index in [9.17, 15) is 82.4 Å². The Balaban J connectivity index is 0.839. The number of aliphatic carboxylic acids is 1. The van der Waals surface area contributed by atoms with Gasteiger partial charge in [0.2, 0.25) is 35.5 Å². The minimum atomic E-state index is -1.50. The average Bonchev–Trinajstić information content (AvgIpc) is 1.79. The van der Waals surface area contributed by atoms with Gasteiger partial charge in [0.05, 0.1) is 67.3 Å². The highest BCUT2D eigenvalue weighted by Crippen LogP contribution is 2.34. The van der Waals surface area contributed by atoms with E-state index >= 15 is 0 Å². The molecule has 14 N–H and O–H groups in total. The SMILES string of the molecule is CCC(C)C(C(CC(=O)N1CCCC1C(OC)C(C)C(=O)C[C@@H](Cc1ccccc1)C(=O)NCCc1ccc(CC(=O)C(CCCNC(N)=O)NC(=O)[C@H](CC(=O)C[C@@H]2O[C@H](CNC(=O)CCCCCCC(=O)CCC(NC(=O)c3ccc(NCc4cnc5nc(N)[nH]c(=O)c5n4)cc3)C(=O)O)C(O)C2O)C(C)C)cc1)OC)N(C)C(=O)[C@@H](CC(=O)C(C(C)C)N(C)C)C(C)C. The zero-order valence-electron chi connectivity index (χ0n) is 78.6. The molecule has 2 fully saturated rings. The first-order chi connectivity index (χ1) is 62.2. The zero-order chi connectivity index (χ0) is 96.5. The molecule has 11 unspecified atom stereocenters. The summed E-state index contributed by atoms with van der Waals surface area (Å²) in [6.45, 7) is 18.0. The van der Waals surface area contributed by atoms with E-state index in [1.165, 1.54) is 25.4 Å². The number of aliphatic hydroxyl groups is 2. The van der Waals surface area contributed by atoms with Crippen molar-refractivity contribution < 1.29 is 91.9 Å². The molecule has 7 rings (SSSR count). The van der Waals surface area contributed by atoms with Gasteiger partial charge in [-0.05, 0) is 137 Å². The molecule has 0 radical (unpaired) electrons. The summed E-state index contributed by atoms with van der Waals surface area (Å²) in [4.78, 5) is 209. The Morgan fingerprint density at radius 3 is 1.95 bits per heavy atom. The average molecular weight is 1830 g/mol. The van der Waals surface area contributed by atoms with Crippen LogP contribution < -0.4 is 48.9 Å². The van der Waals surface area contributed by atoms with E-state index in [1.807, 2.05) is 103 Å². The first-order valence-corrected chi connectivity index (χ1v) is 46.0. The van der Waals surface area contributed by atoms with Crippen molar-refractivity contribution in [2.45, 2.75) is 271 Å². The van der Waals surface area contributed by atoms with Gasteiger partial charge in [-0.2, -0.15) is 4.98 Å². The van der Waals surface area contributed by atoms with Crippen molar-refractivity contribution in [2.75, 3.05) is 72.6 Å². The Hall–Kier alpha value is -10.8. The first-order valence-electron chi connectivity index (χ1n) is 46.0. The highest BCUT2D eigenvalue weighted by Gasteiger charge is 2.46. The van der Waals surface area contributed by atoms with E-state index in [-0.39, 0.29) is 203 Å². The van der Waals surface area contributed by atoms with Crippen molar-refractivity contribution in [2.24, 2.45) is 53.1 Å². The van der Waals surface area contributed by atoms with E-state index < -0.39 is 126 Å². The molecular weight excluding hydrogens is 1680 g/mol. The van der Waals surface area contributed by atoms with Gasteiger partial charge in [-0.3, -0.25) is 67.4 Å². The number of urea groups is 1. The number of primary amides is 1. The topological polar surface area (TPSA) is 516 Å². The van der Waals surface area contributed by atoms with Crippen LogP contribution in [-0.2, 0) is 92.8 Å². The molecule has 5 aromatic rings. The maximum atomic E-state index is 14.7. The van der Waals surface area contributed by atoms with Gasteiger partial charge in [0, 0.05) is 134 Å². The Morgan fingerprint density at radius 2 is 1.33 bits per heavy atom. The number of methoxy groups -OCH3 is 2. The molecule has 3 aromatic carbocycles. The Morgan fingerprint density at radius 1 is 0.664 bits per heavy atom. The van der Waals surface area contributed by atoms with Crippen LogP contribution in [0.1, 0.15) is 211 Å². The number of carbonyl (C=O) groups is 13. The Labute approximate surface area is 768 Å². The Bertz CT molecular complexity index is 4680. The van der Waals surface area contributed by atoms with E-state index in [0.29, 0.717) is 74.9 Å². The third kappa shape index (κ3) is 32.8. The molecule has 0 spiro atoms. The zero-order valence-corrected chi connectivity index (χ0v) is 78.6. The number of likely N-dealkylation sites (tertiary alicyclic amines) is 1. The molecule has 0 aliphatic carbocycles. The number of carboxylic acid groups (broad SMARTS) is 1. The smallest absolute Gasteiger partial charge is 0.326 e. The van der Waals surface area contributed by atoms with E-state index in [0.717, 1.165) is 11.1 Å². The van der Waals surface area contributed by atoms with Gasteiger partial charge in [0.25, 0.3) is 11.5 Å². The number of likely N-dealkylation sites (N-methyl/N-ethyl adjacent to an activating group) is 2. The van der Waals surface area contributed by atoms with Gasteiger partial charge in [-0.1, -0.05) is 136 Å². The number of Topliss-reactive ketones (excluding diaryl/α,β-unsaturated/α-hetero) is 5. The molecule has 2 aromatic heterocycles. The molecule has 131 heavy (non-hydrogen) atoms. The summed E-state index contributed by atoms with van der Waals surface area (Å²) < 4.78 is 18.2. The molecule has 2 saturated heterocycles. The number of benzene rings is 3. The normalized spacial score (nSPS) is 18.2. The number of aliphatic hydroxyl groups excluding tert-OH is 2. The number of carbonyl (C=O) groups excluding carboxylic acids is 12. The number of fused-ring (bicyclic) bond motifs is 1. The van der Waals surface area contributed by atoms with Gasteiger partial charge in [-0.25, -0.2) is 19.6 Å². The number of nitrogen functional groups attached to an aromatic ring is 1. The molecule has 8 amide bonds. The van der Waals surface area contributed by atoms with Crippen molar-refractivity contribution >= 4 is 99.2 Å². The van der Waals surface area contributed by atoms with Gasteiger partial charge < -0.3 is 82.7 Å². The van der Waals surface area contributed by atoms with Crippen LogP contribution >= 0.6 is 0 Å². The maximum Gasteiger partial charge on any atom is 0.326 e. The number of ether oxygens (including phenoxy) is 3. The lowest BCUT2D eigenvalue weighted by atomic mass is 9.83. The van der Waals surface area contributed by atoms with Gasteiger partial charge in [0.15, 0.2) is 22.7 Å². The lowest BCUT2D eigenvalue weighted by Gasteiger charge is -2.41. The Kier molecular flexibility index (Phi) is 43.4. The number of amides is 8. The number of carboxylic acids is 1. The van der Waals surface area contributed by atoms with Crippen molar-refractivity contribution in [3.63, 3.8) is 0 Å². The standard InChI is InChI=1S/C96H141N15O20/c1-15-58(8)84(110(12)93(125)70(56(4)5)50-76(116)83(57(6)7)109(10)11)77(129-13)51-81(118)111-44-24-29-73(111)87(130-14)59(9)74(114)47-64(45-61-25-19-18-20-26-61)89(121)99-43-41-60-31-33-62(34-32-60)46-75(115)71(28-23-42-100-96(98)128)105-91(123)69(55(2)3)48-68(113)49-78-85(119)86(120)79(131-78)54-102-80(117)30-22-17-16-21-27-67(112)39-40-72(94(126)127)106-90(122)63-35-37-65(38-36-63)101-52-66-53-103-88-82(104-66)92(124)108-95(97)107-88/h18-20,25-26,31-38,53,55-59,64,69-73,77-79,83-87,101,119-120H,15-17,21-24,27-30,39-52,54H2,1-14H3,(H,99,121)(H,102,117)(H,105,123)(H,106,122)(H,126,127)(H3,98,100,128)(H3,97,103,107,108,124)/t58?,59?,64-,69-,70+,71?,72?,73?,77?,78+,79-,83?,84?,85?,86?,87?/m1/s1. The highest BCUT2D eigenvalue weighted by atomic mass is 16.5. The van der Waals surface area contributed by atoms with Crippen molar-refractivity contribution in [1.29, 1.82) is 0 Å². The highest BCUT2D eigenvalue weighted by molar-refractivity contribution is 5.97. The summed E-state index contributed by atoms with van der Waals surface area (Å²) >= 11 is 0. The molecule has 35 nitrogen and oxygen atoms in total. The molecule has 2 aliphatic heterocycles. The van der Waals surface area contributed by atoms with Crippen molar-refractivity contribution in [3.8, 4) is 0 Å². The second-order valence-corrected chi connectivity index (χ2v) is 36.4. The molecular formula is C96H141N15O20. The molecule has 4 heterocycles. The fourth-order valence-corrected chi connectivity index (χ4v) is 17.6. The summed E-state index contributed by atoms with van der Waals surface area (Å²) in [6, 6.07) is 18.4. The monoisotopic (exact) mass is 1820 g/mol. The number of aromatic nitrogens is 4. The van der Waals surface area contributed by atoms with Crippen molar-refractivity contribution in [1.82, 2.24) is 61.2 Å². The number of unbranched alkanes of at least 4 members (excludes halogenated alkanes) is 3. The summed E-state index contributed by atoms with van der Waals surface area (Å²) in [5, 5.41) is 48.6. The van der Waals surface area contributed by atoms with Crippen molar-refractivity contribution in [3.05, 3.63) is 123 Å².